The van der Waals surface area contributed by atoms with Crippen LogP contribution in [0.4, 0.5) is 16.2 Å². The molecule has 3 rings (SSSR count). The number of hydrogen-bond donors (Lipinski definition) is 1. The summed E-state index contributed by atoms with van der Waals surface area (Å²) in [5.41, 5.74) is 9.01. The lowest BCUT2D eigenvalue weighted by molar-refractivity contribution is 0.179. The van der Waals surface area contributed by atoms with Crippen molar-refractivity contribution in [3.63, 3.8) is 0 Å². The molecule has 4 nitrogen and oxygen atoms in total. The number of anilines is 2. The third kappa shape index (κ3) is 2.35. The highest BCUT2D eigenvalue weighted by atomic mass is 16.2. The molecule has 2 N–H and O–H groups in total. The number of nitrogens with two attached hydrogens (primary N) is 1. The van der Waals surface area contributed by atoms with E-state index >= 15 is 0 Å². The smallest absolute Gasteiger partial charge is 0.324 e. The summed E-state index contributed by atoms with van der Waals surface area (Å²) in [5, 5.41) is 0. The average Bonchev–Trinajstić information content (AvgIpc) is 2.47. The number of urea groups is 1. The van der Waals surface area contributed by atoms with Gasteiger partial charge in [-0.15, -0.1) is 0 Å². The number of amides is 2. The molecule has 2 heterocycles. The number of rotatable bonds is 0. The number of benzene rings is 1. The van der Waals surface area contributed by atoms with E-state index in [1.54, 1.807) is 0 Å². The SMILES string of the molecule is CC1CCN(C(=O)N2CCCc3c(N)cccc32)CC1. The molecule has 1 aromatic carbocycles. The van der Waals surface area contributed by atoms with Crippen molar-refractivity contribution in [3.05, 3.63) is 23.8 Å². The minimum absolute atomic E-state index is 0.156. The minimum atomic E-state index is 0.156. The second-order valence-corrected chi connectivity index (χ2v) is 6.05. The summed E-state index contributed by atoms with van der Waals surface area (Å²) in [4.78, 5) is 16.7. The zero-order valence-electron chi connectivity index (χ0n) is 12.1. The van der Waals surface area contributed by atoms with Crippen LogP contribution in [0.3, 0.4) is 0 Å². The van der Waals surface area contributed by atoms with E-state index in [1.807, 2.05) is 28.0 Å². The van der Waals surface area contributed by atoms with Gasteiger partial charge >= 0.3 is 6.03 Å². The Balaban J connectivity index is 1.82. The predicted octanol–water partition coefficient (Wildman–Crippen LogP) is 2.87. The van der Waals surface area contributed by atoms with Gasteiger partial charge in [0.15, 0.2) is 0 Å². The molecule has 0 radical (unpaired) electrons. The summed E-state index contributed by atoms with van der Waals surface area (Å²) in [6, 6.07) is 6.05. The number of hydrogen-bond acceptors (Lipinski definition) is 2. The number of piperidine rings is 1. The lowest BCUT2D eigenvalue weighted by Gasteiger charge is -2.37. The van der Waals surface area contributed by atoms with Gasteiger partial charge in [-0.05, 0) is 49.3 Å². The van der Waals surface area contributed by atoms with Crippen LogP contribution in [0.15, 0.2) is 18.2 Å². The van der Waals surface area contributed by atoms with Gasteiger partial charge in [-0.1, -0.05) is 13.0 Å². The van der Waals surface area contributed by atoms with Gasteiger partial charge in [0, 0.05) is 25.3 Å². The lowest BCUT2D eigenvalue weighted by atomic mass is 9.98. The summed E-state index contributed by atoms with van der Waals surface area (Å²) in [7, 11) is 0. The van der Waals surface area contributed by atoms with E-state index < -0.39 is 0 Å². The first kappa shape index (κ1) is 13.3. The van der Waals surface area contributed by atoms with E-state index in [0.29, 0.717) is 0 Å². The van der Waals surface area contributed by atoms with Gasteiger partial charge in [0.1, 0.15) is 0 Å². The maximum absolute atomic E-state index is 12.7. The molecule has 0 unspecified atom stereocenters. The Kier molecular flexibility index (Phi) is 3.55. The fourth-order valence-electron chi connectivity index (χ4n) is 3.22. The Hall–Kier alpha value is -1.71. The minimum Gasteiger partial charge on any atom is -0.398 e. The van der Waals surface area contributed by atoms with Gasteiger partial charge in [-0.3, -0.25) is 4.90 Å². The van der Waals surface area contributed by atoms with E-state index in [1.165, 1.54) is 0 Å². The number of carbonyl (C=O) groups is 1. The molecule has 4 heteroatoms. The van der Waals surface area contributed by atoms with E-state index in [9.17, 15) is 4.79 Å². The van der Waals surface area contributed by atoms with Crippen LogP contribution in [-0.2, 0) is 6.42 Å². The number of nitrogen functional groups attached to an aromatic ring is 1. The van der Waals surface area contributed by atoms with Gasteiger partial charge in [0.25, 0.3) is 0 Å². The number of fused-ring (bicyclic) bond motifs is 1. The Morgan fingerprint density at radius 3 is 2.75 bits per heavy atom. The van der Waals surface area contributed by atoms with Crippen LogP contribution < -0.4 is 10.6 Å². The van der Waals surface area contributed by atoms with E-state index in [-0.39, 0.29) is 6.03 Å². The molecule has 108 valence electrons. The predicted molar refractivity (Wildman–Crippen MR) is 81.9 cm³/mol. The number of nitrogens with zero attached hydrogens (tertiary/aromatic N) is 2. The molecule has 1 fully saturated rings. The summed E-state index contributed by atoms with van der Waals surface area (Å²) in [6.07, 6.45) is 4.20. The standard InChI is InChI=1S/C16H23N3O/c1-12-7-10-18(11-8-12)16(20)19-9-3-4-13-14(17)5-2-6-15(13)19/h2,5-6,12H,3-4,7-11,17H2,1H3. The van der Waals surface area contributed by atoms with Gasteiger partial charge in [-0.2, -0.15) is 0 Å². The van der Waals surface area contributed by atoms with Gasteiger partial charge in [0.2, 0.25) is 0 Å². The van der Waals surface area contributed by atoms with Crippen LogP contribution in [-0.4, -0.2) is 30.6 Å². The Morgan fingerprint density at radius 2 is 2.00 bits per heavy atom. The highest BCUT2D eigenvalue weighted by Crippen LogP contribution is 2.32. The van der Waals surface area contributed by atoms with Gasteiger partial charge in [0.05, 0.1) is 5.69 Å². The van der Waals surface area contributed by atoms with Crippen LogP contribution >= 0.6 is 0 Å². The third-order valence-corrected chi connectivity index (χ3v) is 4.57. The topological polar surface area (TPSA) is 49.6 Å². The Morgan fingerprint density at radius 1 is 1.25 bits per heavy atom. The van der Waals surface area contributed by atoms with Crippen molar-refractivity contribution in [3.8, 4) is 0 Å². The molecule has 2 amide bonds. The first-order valence-electron chi connectivity index (χ1n) is 7.60. The maximum atomic E-state index is 12.7. The molecule has 0 saturated carbocycles. The van der Waals surface area contributed by atoms with Crippen molar-refractivity contribution in [2.75, 3.05) is 30.3 Å². The molecular formula is C16H23N3O. The van der Waals surface area contributed by atoms with E-state index in [4.69, 9.17) is 5.73 Å². The number of likely N-dealkylation sites (tertiary alicyclic amines) is 1. The van der Waals surface area contributed by atoms with Crippen LogP contribution in [0.1, 0.15) is 31.7 Å². The fraction of sp³-hybridized carbons (Fsp3) is 0.562. The first-order chi connectivity index (χ1) is 9.66. The summed E-state index contributed by atoms with van der Waals surface area (Å²) < 4.78 is 0. The maximum Gasteiger partial charge on any atom is 0.324 e. The molecule has 20 heavy (non-hydrogen) atoms. The molecular weight excluding hydrogens is 250 g/mol. The van der Waals surface area contributed by atoms with Gasteiger partial charge in [-0.25, -0.2) is 4.79 Å². The molecule has 1 saturated heterocycles. The van der Waals surface area contributed by atoms with Crippen molar-refractivity contribution in [2.24, 2.45) is 5.92 Å². The lowest BCUT2D eigenvalue weighted by Crippen LogP contribution is -2.48. The second-order valence-electron chi connectivity index (χ2n) is 6.05. The quantitative estimate of drug-likeness (QED) is 0.739. The van der Waals surface area contributed by atoms with Crippen LogP contribution in [0.5, 0.6) is 0 Å². The van der Waals surface area contributed by atoms with Crippen LogP contribution in [0, 0.1) is 5.92 Å². The van der Waals surface area contributed by atoms with Crippen molar-refractivity contribution < 1.29 is 4.79 Å². The highest BCUT2D eigenvalue weighted by Gasteiger charge is 2.29. The van der Waals surface area contributed by atoms with Crippen molar-refractivity contribution in [1.29, 1.82) is 0 Å². The molecule has 0 aromatic heterocycles. The van der Waals surface area contributed by atoms with Crippen molar-refractivity contribution in [1.82, 2.24) is 4.90 Å². The van der Waals surface area contributed by atoms with Crippen LogP contribution in [0.2, 0.25) is 0 Å². The van der Waals surface area contributed by atoms with E-state index in [2.05, 4.69) is 6.92 Å². The fourth-order valence-corrected chi connectivity index (χ4v) is 3.22. The molecule has 2 aliphatic rings. The van der Waals surface area contributed by atoms with E-state index in [0.717, 1.165) is 68.2 Å². The largest absolute Gasteiger partial charge is 0.398 e. The Labute approximate surface area is 120 Å². The molecule has 0 bridgehead atoms. The second kappa shape index (κ2) is 5.35. The summed E-state index contributed by atoms with van der Waals surface area (Å²) in [5.74, 6) is 0.739. The third-order valence-electron chi connectivity index (χ3n) is 4.57. The van der Waals surface area contributed by atoms with Gasteiger partial charge < -0.3 is 10.6 Å². The molecule has 1 aromatic rings. The summed E-state index contributed by atoms with van der Waals surface area (Å²) >= 11 is 0. The normalized spacial score (nSPS) is 19.9. The zero-order chi connectivity index (χ0) is 14.1. The molecule has 2 aliphatic heterocycles. The zero-order valence-corrected chi connectivity index (χ0v) is 12.1. The monoisotopic (exact) mass is 273 g/mol. The molecule has 0 aliphatic carbocycles. The molecule has 0 atom stereocenters. The molecule has 0 spiro atoms. The van der Waals surface area contributed by atoms with Crippen molar-refractivity contribution >= 4 is 17.4 Å². The first-order valence-corrected chi connectivity index (χ1v) is 7.60. The number of carbonyl (C=O) groups excluding carboxylic acids is 1. The average molecular weight is 273 g/mol. The summed E-state index contributed by atoms with van der Waals surface area (Å²) in [6.45, 7) is 4.84. The van der Waals surface area contributed by atoms with Crippen LogP contribution in [0.25, 0.3) is 0 Å². The van der Waals surface area contributed by atoms with Crippen molar-refractivity contribution in [2.45, 2.75) is 32.6 Å². The highest BCUT2D eigenvalue weighted by molar-refractivity contribution is 5.94. The Bertz CT molecular complexity index is 506.